The van der Waals surface area contributed by atoms with Crippen molar-refractivity contribution in [2.24, 2.45) is 0 Å². The van der Waals surface area contributed by atoms with Crippen molar-refractivity contribution in [3.05, 3.63) is 59.1 Å². The van der Waals surface area contributed by atoms with Gasteiger partial charge in [-0.15, -0.1) is 0 Å². The topological polar surface area (TPSA) is 69.7 Å². The molecule has 6 nitrogen and oxygen atoms in total. The highest BCUT2D eigenvalue weighted by molar-refractivity contribution is 7.92. The maximum Gasteiger partial charge on any atom is 0.243 e. The summed E-state index contributed by atoms with van der Waals surface area (Å²) in [5.41, 5.74) is 2.46. The van der Waals surface area contributed by atoms with Crippen LogP contribution in [0.1, 0.15) is 26.3 Å². The zero-order valence-electron chi connectivity index (χ0n) is 17.2. The molecular weight excluding hydrogens is 410 g/mol. The summed E-state index contributed by atoms with van der Waals surface area (Å²) < 4.78 is 25.7. The number of carbonyl (C=O) groups is 1. The number of nitrogens with zero attached hydrogens (tertiary/aromatic N) is 2. The minimum Gasteiger partial charge on any atom is -0.372 e. The Hall–Kier alpha value is -2.25. The summed E-state index contributed by atoms with van der Waals surface area (Å²) in [6.45, 7) is 7.95. The Morgan fingerprint density at radius 2 is 1.52 bits per heavy atom. The quantitative estimate of drug-likeness (QED) is 0.650. The van der Waals surface area contributed by atoms with E-state index in [9.17, 15) is 13.2 Å². The number of carbonyl (C=O) groups excluding carboxylic acids is 1. The molecule has 0 radical (unpaired) electrons. The van der Waals surface area contributed by atoms with Crippen molar-refractivity contribution in [1.29, 1.82) is 0 Å². The number of nitrogens with one attached hydrogen (secondary N) is 1. The highest BCUT2D eigenvalue weighted by Crippen LogP contribution is 2.23. The lowest BCUT2D eigenvalue weighted by atomic mass is 10.2. The number of sulfonamides is 1. The number of halogens is 1. The molecule has 0 unspecified atom stereocenters. The van der Waals surface area contributed by atoms with Crippen molar-refractivity contribution in [3.63, 3.8) is 0 Å². The van der Waals surface area contributed by atoms with Gasteiger partial charge in [0.2, 0.25) is 15.9 Å². The van der Waals surface area contributed by atoms with Crippen LogP contribution in [-0.4, -0.2) is 39.7 Å². The van der Waals surface area contributed by atoms with E-state index in [4.69, 9.17) is 11.6 Å². The summed E-state index contributed by atoms with van der Waals surface area (Å²) in [6, 6.07) is 13.4. The molecule has 0 bridgehead atoms. The lowest BCUT2D eigenvalue weighted by Crippen LogP contribution is -2.47. The Labute approximate surface area is 178 Å². The van der Waals surface area contributed by atoms with E-state index in [1.54, 1.807) is 31.2 Å². The molecule has 29 heavy (non-hydrogen) atoms. The first kappa shape index (κ1) is 23.0. The van der Waals surface area contributed by atoms with Crippen molar-refractivity contribution in [3.8, 4) is 0 Å². The lowest BCUT2D eigenvalue weighted by molar-refractivity contribution is -0.122. The molecule has 2 rings (SSSR count). The molecule has 2 aromatic carbocycles. The van der Waals surface area contributed by atoms with Gasteiger partial charge in [-0.2, -0.15) is 0 Å². The van der Waals surface area contributed by atoms with Crippen LogP contribution in [-0.2, 0) is 21.4 Å². The Balaban J connectivity index is 2.09. The van der Waals surface area contributed by atoms with Crippen LogP contribution in [0.15, 0.2) is 48.5 Å². The summed E-state index contributed by atoms with van der Waals surface area (Å²) in [5.74, 6) is -0.377. The number of anilines is 2. The van der Waals surface area contributed by atoms with Gasteiger partial charge in [0.25, 0.3) is 0 Å². The predicted octanol–water partition coefficient (Wildman–Crippen LogP) is 3.66. The van der Waals surface area contributed by atoms with E-state index in [0.717, 1.165) is 34.9 Å². The van der Waals surface area contributed by atoms with Crippen LogP contribution in [0.3, 0.4) is 0 Å². The van der Waals surface area contributed by atoms with E-state index in [0.29, 0.717) is 17.3 Å². The second kappa shape index (κ2) is 9.98. The fourth-order valence-electron chi connectivity index (χ4n) is 3.15. The highest BCUT2D eigenvalue weighted by Gasteiger charge is 2.28. The van der Waals surface area contributed by atoms with Crippen molar-refractivity contribution in [2.45, 2.75) is 33.4 Å². The smallest absolute Gasteiger partial charge is 0.243 e. The van der Waals surface area contributed by atoms with Crippen molar-refractivity contribution >= 4 is 38.9 Å². The maximum atomic E-state index is 12.7. The van der Waals surface area contributed by atoms with Crippen LogP contribution in [0.2, 0.25) is 5.02 Å². The molecule has 2 aromatic rings. The average molecular weight is 438 g/mol. The molecule has 0 saturated heterocycles. The van der Waals surface area contributed by atoms with Crippen molar-refractivity contribution in [1.82, 2.24) is 5.32 Å². The molecule has 158 valence electrons. The van der Waals surface area contributed by atoms with Gasteiger partial charge in [0.05, 0.1) is 11.9 Å². The SMILES string of the molecule is CCN(CC)c1ccc(CNC(=O)[C@H](C)N(c2ccc(Cl)cc2)S(C)(=O)=O)cc1. The molecular formula is C21H28ClN3O3S. The van der Waals surface area contributed by atoms with Crippen LogP contribution < -0.4 is 14.5 Å². The number of hydrogen-bond donors (Lipinski definition) is 1. The molecule has 0 aliphatic rings. The maximum absolute atomic E-state index is 12.7. The summed E-state index contributed by atoms with van der Waals surface area (Å²) >= 11 is 5.89. The second-order valence-electron chi connectivity index (χ2n) is 6.77. The molecule has 0 heterocycles. The first-order chi connectivity index (χ1) is 13.7. The summed E-state index contributed by atoms with van der Waals surface area (Å²) in [6.07, 6.45) is 1.08. The first-order valence-electron chi connectivity index (χ1n) is 9.54. The lowest BCUT2D eigenvalue weighted by Gasteiger charge is -2.28. The summed E-state index contributed by atoms with van der Waals surface area (Å²) in [7, 11) is -3.66. The van der Waals surface area contributed by atoms with Gasteiger partial charge in [-0.1, -0.05) is 23.7 Å². The predicted molar refractivity (Wildman–Crippen MR) is 120 cm³/mol. The number of amides is 1. The van der Waals surface area contributed by atoms with Gasteiger partial charge in [-0.25, -0.2) is 8.42 Å². The van der Waals surface area contributed by atoms with Gasteiger partial charge in [0, 0.05) is 30.3 Å². The Morgan fingerprint density at radius 3 is 2.00 bits per heavy atom. The molecule has 0 spiro atoms. The average Bonchev–Trinajstić information content (AvgIpc) is 2.68. The third-order valence-electron chi connectivity index (χ3n) is 4.70. The monoisotopic (exact) mass is 437 g/mol. The number of rotatable bonds is 9. The fourth-order valence-corrected chi connectivity index (χ4v) is 4.45. The molecule has 8 heteroatoms. The molecule has 0 fully saturated rings. The molecule has 1 atom stereocenters. The molecule has 1 amide bonds. The summed E-state index contributed by atoms with van der Waals surface area (Å²) in [5, 5.41) is 3.32. The third-order valence-corrected chi connectivity index (χ3v) is 6.19. The molecule has 0 aliphatic carbocycles. The second-order valence-corrected chi connectivity index (χ2v) is 9.06. The van der Waals surface area contributed by atoms with Gasteiger partial charge >= 0.3 is 0 Å². The fraction of sp³-hybridized carbons (Fsp3) is 0.381. The number of hydrogen-bond acceptors (Lipinski definition) is 4. The highest BCUT2D eigenvalue weighted by atomic mass is 35.5. The van der Waals surface area contributed by atoms with Crippen molar-refractivity contribution in [2.75, 3.05) is 28.6 Å². The van der Waals surface area contributed by atoms with Gasteiger partial charge in [0.1, 0.15) is 6.04 Å². The zero-order chi connectivity index (χ0) is 21.6. The van der Waals surface area contributed by atoms with E-state index in [1.807, 2.05) is 24.3 Å². The van der Waals surface area contributed by atoms with Crippen LogP contribution in [0, 0.1) is 0 Å². The minimum absolute atomic E-state index is 0.319. The normalized spacial score (nSPS) is 12.3. The largest absolute Gasteiger partial charge is 0.372 e. The van der Waals surface area contributed by atoms with E-state index in [1.165, 1.54) is 0 Å². The van der Waals surface area contributed by atoms with Crippen LogP contribution >= 0.6 is 11.6 Å². The van der Waals surface area contributed by atoms with Gasteiger partial charge < -0.3 is 10.2 Å². The summed E-state index contributed by atoms with van der Waals surface area (Å²) in [4.78, 5) is 14.9. The van der Waals surface area contributed by atoms with Crippen LogP contribution in [0.4, 0.5) is 11.4 Å². The standard InChI is InChI=1S/C21H28ClN3O3S/c1-5-24(6-2)19-11-7-17(8-12-19)15-23-21(26)16(3)25(29(4,27)28)20-13-9-18(22)10-14-20/h7-14,16H,5-6,15H2,1-4H3,(H,23,26)/t16-/m0/s1. The van der Waals surface area contributed by atoms with E-state index in [-0.39, 0.29) is 5.91 Å². The first-order valence-corrected chi connectivity index (χ1v) is 11.8. The third kappa shape index (κ3) is 6.11. The van der Waals surface area contributed by atoms with Crippen molar-refractivity contribution < 1.29 is 13.2 Å². The molecule has 0 aliphatic heterocycles. The van der Waals surface area contributed by atoms with E-state index >= 15 is 0 Å². The molecule has 1 N–H and O–H groups in total. The minimum atomic E-state index is -3.66. The number of benzene rings is 2. The zero-order valence-corrected chi connectivity index (χ0v) is 18.8. The van der Waals surface area contributed by atoms with Gasteiger partial charge in [-0.3, -0.25) is 9.10 Å². The Bertz CT molecular complexity index is 911. The molecule has 0 aromatic heterocycles. The molecule has 0 saturated carbocycles. The van der Waals surface area contributed by atoms with Gasteiger partial charge in [-0.05, 0) is 62.7 Å². The Morgan fingerprint density at radius 1 is 1.00 bits per heavy atom. The van der Waals surface area contributed by atoms with Crippen LogP contribution in [0.5, 0.6) is 0 Å². The van der Waals surface area contributed by atoms with Gasteiger partial charge in [0.15, 0.2) is 0 Å². The van der Waals surface area contributed by atoms with Crippen LogP contribution in [0.25, 0.3) is 0 Å². The van der Waals surface area contributed by atoms with E-state index < -0.39 is 16.1 Å². The Kier molecular flexibility index (Phi) is 7.93. The van der Waals surface area contributed by atoms with E-state index in [2.05, 4.69) is 24.1 Å².